The molecule has 0 unspecified atom stereocenters. The first-order valence-electron chi connectivity index (χ1n) is 10.7. The van der Waals surface area contributed by atoms with E-state index in [1.165, 1.54) is 0 Å². The fraction of sp³-hybridized carbons (Fsp3) is 0.231. The molecule has 0 saturated heterocycles. The lowest BCUT2D eigenvalue weighted by Crippen LogP contribution is -2.26. The van der Waals surface area contributed by atoms with Crippen LogP contribution in [0.15, 0.2) is 73.1 Å². The van der Waals surface area contributed by atoms with Gasteiger partial charge in [0.15, 0.2) is 5.75 Å². The molecule has 1 saturated carbocycles. The maximum atomic E-state index is 13.2. The van der Waals surface area contributed by atoms with Crippen LogP contribution in [-0.4, -0.2) is 27.5 Å². The molecule has 0 aliphatic heterocycles. The van der Waals surface area contributed by atoms with E-state index in [9.17, 15) is 4.79 Å². The Labute approximate surface area is 186 Å². The van der Waals surface area contributed by atoms with Crippen molar-refractivity contribution in [3.05, 3.63) is 90.1 Å². The fourth-order valence-electron chi connectivity index (χ4n) is 4.27. The minimum Gasteiger partial charge on any atom is -0.489 e. The highest BCUT2D eigenvalue weighted by atomic mass is 16.5. The van der Waals surface area contributed by atoms with Crippen LogP contribution in [0.25, 0.3) is 10.9 Å². The summed E-state index contributed by atoms with van der Waals surface area (Å²) >= 11 is 0. The van der Waals surface area contributed by atoms with E-state index in [4.69, 9.17) is 4.74 Å². The topological polar surface area (TPSA) is 77.0 Å². The maximum Gasteiger partial charge on any atom is 0.228 e. The SMILES string of the molecule is Cc1ncc(OC[C@@]2(c3ccccc3)C[C@H]2C(=O)Nc2cnc3ccccc3c2)c(C)n1. The van der Waals surface area contributed by atoms with Gasteiger partial charge in [-0.05, 0) is 38.0 Å². The normalized spacial score (nSPS) is 19.5. The second-order valence-electron chi connectivity index (χ2n) is 8.34. The van der Waals surface area contributed by atoms with Crippen molar-refractivity contribution >= 4 is 22.5 Å². The number of hydrogen-bond donors (Lipinski definition) is 1. The number of ether oxygens (including phenoxy) is 1. The summed E-state index contributed by atoms with van der Waals surface area (Å²) in [5, 5.41) is 4.05. The van der Waals surface area contributed by atoms with Crippen molar-refractivity contribution in [2.24, 2.45) is 5.92 Å². The van der Waals surface area contributed by atoms with Crippen LogP contribution in [-0.2, 0) is 10.2 Å². The van der Waals surface area contributed by atoms with E-state index < -0.39 is 0 Å². The van der Waals surface area contributed by atoms with Crippen molar-refractivity contribution in [2.75, 3.05) is 11.9 Å². The Balaban J connectivity index is 1.37. The summed E-state index contributed by atoms with van der Waals surface area (Å²) in [6.07, 6.45) is 4.13. The van der Waals surface area contributed by atoms with E-state index in [-0.39, 0.29) is 17.2 Å². The first-order chi connectivity index (χ1) is 15.5. The number of pyridine rings is 1. The molecule has 160 valence electrons. The number of aromatic nitrogens is 3. The van der Waals surface area contributed by atoms with Crippen molar-refractivity contribution in [1.82, 2.24) is 15.0 Å². The van der Waals surface area contributed by atoms with Crippen LogP contribution in [0, 0.1) is 19.8 Å². The van der Waals surface area contributed by atoms with Crippen LogP contribution in [0.3, 0.4) is 0 Å². The molecule has 4 aromatic rings. The second kappa shape index (κ2) is 8.04. The zero-order chi connectivity index (χ0) is 22.1. The van der Waals surface area contributed by atoms with Gasteiger partial charge in [-0.25, -0.2) is 9.97 Å². The summed E-state index contributed by atoms with van der Waals surface area (Å²) in [4.78, 5) is 26.3. The molecule has 1 fully saturated rings. The van der Waals surface area contributed by atoms with E-state index in [1.807, 2.05) is 62.4 Å². The second-order valence-corrected chi connectivity index (χ2v) is 8.34. The predicted molar refractivity (Wildman–Crippen MR) is 124 cm³/mol. The number of rotatable bonds is 6. The third-order valence-electron chi connectivity index (χ3n) is 6.14. The molecule has 2 aromatic carbocycles. The largest absolute Gasteiger partial charge is 0.489 e. The Morgan fingerprint density at radius 3 is 2.66 bits per heavy atom. The molecule has 1 aliphatic carbocycles. The Hall–Kier alpha value is -3.80. The molecule has 0 radical (unpaired) electrons. The van der Waals surface area contributed by atoms with Crippen molar-refractivity contribution in [3.63, 3.8) is 0 Å². The number of amides is 1. The standard InChI is InChI=1S/C26H24N4O2/c1-17-24(15-27-18(2)29-17)32-16-26(20-9-4-3-5-10-20)13-22(26)25(31)30-21-12-19-8-6-7-11-23(19)28-14-21/h3-12,14-15,22H,13,16H2,1-2H3,(H,30,31)/t22-,26+/m0/s1. The quantitative estimate of drug-likeness (QED) is 0.489. The summed E-state index contributed by atoms with van der Waals surface area (Å²) in [6, 6.07) is 19.9. The van der Waals surface area contributed by atoms with E-state index in [1.54, 1.807) is 12.4 Å². The number of carbonyl (C=O) groups is 1. The number of anilines is 1. The third-order valence-corrected chi connectivity index (χ3v) is 6.14. The van der Waals surface area contributed by atoms with Crippen molar-refractivity contribution < 1.29 is 9.53 Å². The molecule has 2 aromatic heterocycles. The van der Waals surface area contributed by atoms with Gasteiger partial charge in [-0.2, -0.15) is 0 Å². The molecule has 5 rings (SSSR count). The molecule has 2 heterocycles. The Bertz CT molecular complexity index is 1290. The molecule has 1 N–H and O–H groups in total. The lowest BCUT2D eigenvalue weighted by molar-refractivity contribution is -0.117. The van der Waals surface area contributed by atoms with E-state index in [0.29, 0.717) is 23.9 Å². The molecular weight excluding hydrogens is 400 g/mol. The number of aryl methyl sites for hydroxylation is 2. The summed E-state index contributed by atoms with van der Waals surface area (Å²) in [5.41, 5.74) is 3.12. The Morgan fingerprint density at radius 1 is 1.06 bits per heavy atom. The predicted octanol–water partition coefficient (Wildman–Crippen LogP) is 4.62. The van der Waals surface area contributed by atoms with Crippen molar-refractivity contribution in [2.45, 2.75) is 25.7 Å². The van der Waals surface area contributed by atoms with E-state index in [2.05, 4.69) is 32.4 Å². The van der Waals surface area contributed by atoms with Gasteiger partial charge in [0, 0.05) is 10.8 Å². The average molecular weight is 425 g/mol. The monoisotopic (exact) mass is 424 g/mol. The molecule has 0 bridgehead atoms. The van der Waals surface area contributed by atoms with Gasteiger partial charge < -0.3 is 10.1 Å². The first-order valence-corrected chi connectivity index (χ1v) is 10.7. The van der Waals surface area contributed by atoms with Crippen LogP contribution in [0.2, 0.25) is 0 Å². The molecule has 6 nitrogen and oxygen atoms in total. The summed E-state index contributed by atoms with van der Waals surface area (Å²) in [7, 11) is 0. The molecule has 6 heteroatoms. The van der Waals surface area contributed by atoms with E-state index in [0.717, 1.165) is 28.6 Å². The number of para-hydroxylation sites is 1. The van der Waals surface area contributed by atoms with Gasteiger partial charge in [-0.15, -0.1) is 0 Å². The van der Waals surface area contributed by atoms with Crippen LogP contribution in [0.1, 0.15) is 23.5 Å². The maximum absolute atomic E-state index is 13.2. The average Bonchev–Trinajstić information content (AvgIpc) is 3.55. The lowest BCUT2D eigenvalue weighted by Gasteiger charge is -2.19. The Kier molecular flexibility index (Phi) is 5.05. The highest BCUT2D eigenvalue weighted by Crippen LogP contribution is 2.55. The molecule has 2 atom stereocenters. The third kappa shape index (κ3) is 3.80. The van der Waals surface area contributed by atoms with Gasteiger partial charge in [-0.3, -0.25) is 9.78 Å². The van der Waals surface area contributed by atoms with Crippen LogP contribution in [0.4, 0.5) is 5.69 Å². The summed E-state index contributed by atoms with van der Waals surface area (Å²) < 4.78 is 6.14. The van der Waals surface area contributed by atoms with Gasteiger partial charge >= 0.3 is 0 Å². The van der Waals surface area contributed by atoms with Gasteiger partial charge in [0.2, 0.25) is 5.91 Å². The minimum atomic E-state index is -0.382. The van der Waals surface area contributed by atoms with Gasteiger partial charge in [-0.1, -0.05) is 48.5 Å². The van der Waals surface area contributed by atoms with Crippen molar-refractivity contribution in [1.29, 1.82) is 0 Å². The number of benzene rings is 2. The molecular formula is C26H24N4O2. The smallest absolute Gasteiger partial charge is 0.228 e. The fourth-order valence-corrected chi connectivity index (χ4v) is 4.27. The molecule has 1 amide bonds. The van der Waals surface area contributed by atoms with Gasteiger partial charge in [0.05, 0.1) is 41.8 Å². The minimum absolute atomic E-state index is 0.0218. The number of carbonyl (C=O) groups excluding carboxylic acids is 1. The van der Waals surface area contributed by atoms with Gasteiger partial charge in [0.25, 0.3) is 0 Å². The van der Waals surface area contributed by atoms with Crippen molar-refractivity contribution in [3.8, 4) is 5.75 Å². The molecule has 1 aliphatic rings. The number of nitrogens with one attached hydrogen (secondary N) is 1. The Morgan fingerprint density at radius 2 is 1.84 bits per heavy atom. The summed E-state index contributed by atoms with van der Waals surface area (Å²) in [6.45, 7) is 4.15. The zero-order valence-corrected chi connectivity index (χ0v) is 18.1. The van der Waals surface area contributed by atoms with E-state index >= 15 is 0 Å². The molecule has 0 spiro atoms. The van der Waals surface area contributed by atoms with Crippen LogP contribution < -0.4 is 10.1 Å². The van der Waals surface area contributed by atoms with Crippen LogP contribution >= 0.6 is 0 Å². The zero-order valence-electron chi connectivity index (χ0n) is 18.1. The van der Waals surface area contributed by atoms with Crippen LogP contribution in [0.5, 0.6) is 5.75 Å². The summed E-state index contributed by atoms with van der Waals surface area (Å²) in [5.74, 6) is 1.14. The molecule has 32 heavy (non-hydrogen) atoms. The number of fused-ring (bicyclic) bond motifs is 1. The number of nitrogens with zero attached hydrogens (tertiary/aromatic N) is 3. The number of hydrogen-bond acceptors (Lipinski definition) is 5. The van der Waals surface area contributed by atoms with Gasteiger partial charge in [0.1, 0.15) is 5.82 Å². The highest BCUT2D eigenvalue weighted by Gasteiger charge is 2.60. The first kappa shape index (κ1) is 20.1. The highest BCUT2D eigenvalue weighted by molar-refractivity contribution is 5.97. The lowest BCUT2D eigenvalue weighted by atomic mass is 9.93.